The van der Waals surface area contributed by atoms with Gasteiger partial charge in [-0.3, -0.25) is 0 Å². The number of aromatic nitrogens is 2. The maximum Gasteiger partial charge on any atom is 0.228 e. The highest BCUT2D eigenvalue weighted by Gasteiger charge is 2.19. The largest absolute Gasteiger partial charge is 0.494 e. The van der Waals surface area contributed by atoms with Crippen molar-refractivity contribution in [1.82, 2.24) is 9.97 Å². The third-order valence-corrected chi connectivity index (χ3v) is 4.49. The Bertz CT molecular complexity index is 731. The van der Waals surface area contributed by atoms with E-state index in [1.54, 1.807) is 18.2 Å². The number of methoxy groups -OCH3 is 1. The van der Waals surface area contributed by atoms with Crippen LogP contribution in [0.5, 0.6) is 11.6 Å². The Morgan fingerprint density at radius 1 is 1.20 bits per heavy atom. The average molecular weight is 345 g/mol. The van der Waals surface area contributed by atoms with Crippen LogP contribution in [-0.4, -0.2) is 30.2 Å². The van der Waals surface area contributed by atoms with Gasteiger partial charge in [0.1, 0.15) is 6.61 Å². The van der Waals surface area contributed by atoms with E-state index >= 15 is 0 Å². The van der Waals surface area contributed by atoms with Crippen LogP contribution in [0.2, 0.25) is 0 Å². The Morgan fingerprint density at radius 3 is 2.64 bits per heavy atom. The topological polar surface area (TPSA) is 47.5 Å². The number of benzene rings is 1. The lowest BCUT2D eigenvalue weighted by Crippen LogP contribution is -2.34. The van der Waals surface area contributed by atoms with Crippen LogP contribution in [0, 0.1) is 18.7 Å². The van der Waals surface area contributed by atoms with Crippen molar-refractivity contribution in [1.29, 1.82) is 0 Å². The SMILES string of the molecule is COc1ccc(COc2cc(C)nc(N3CCC(C)CC3)n2)cc1F. The number of hydrogen-bond donors (Lipinski definition) is 0. The van der Waals surface area contributed by atoms with Gasteiger partial charge in [0.25, 0.3) is 0 Å². The zero-order valence-electron chi connectivity index (χ0n) is 15.0. The predicted octanol–water partition coefficient (Wildman–Crippen LogP) is 3.75. The molecule has 1 aromatic carbocycles. The van der Waals surface area contributed by atoms with Crippen molar-refractivity contribution in [2.75, 3.05) is 25.1 Å². The summed E-state index contributed by atoms with van der Waals surface area (Å²) >= 11 is 0. The summed E-state index contributed by atoms with van der Waals surface area (Å²) in [5.41, 5.74) is 1.59. The normalized spacial score (nSPS) is 15.3. The Labute approximate surface area is 147 Å². The number of piperidine rings is 1. The molecule has 1 saturated heterocycles. The van der Waals surface area contributed by atoms with Crippen molar-refractivity contribution in [2.24, 2.45) is 5.92 Å². The van der Waals surface area contributed by atoms with Crippen molar-refractivity contribution in [3.63, 3.8) is 0 Å². The molecule has 0 atom stereocenters. The van der Waals surface area contributed by atoms with Crippen molar-refractivity contribution in [2.45, 2.75) is 33.3 Å². The van der Waals surface area contributed by atoms with Gasteiger partial charge >= 0.3 is 0 Å². The van der Waals surface area contributed by atoms with E-state index in [0.717, 1.165) is 43.1 Å². The minimum Gasteiger partial charge on any atom is -0.494 e. The summed E-state index contributed by atoms with van der Waals surface area (Å²) in [5, 5.41) is 0. The molecule has 0 spiro atoms. The van der Waals surface area contributed by atoms with Gasteiger partial charge in [-0.1, -0.05) is 13.0 Å². The molecule has 134 valence electrons. The van der Waals surface area contributed by atoms with Gasteiger partial charge in [0.2, 0.25) is 11.8 Å². The first-order valence-electron chi connectivity index (χ1n) is 8.61. The van der Waals surface area contributed by atoms with Crippen LogP contribution < -0.4 is 14.4 Å². The summed E-state index contributed by atoms with van der Waals surface area (Å²) in [5.74, 6) is 1.80. The van der Waals surface area contributed by atoms with E-state index in [4.69, 9.17) is 9.47 Å². The summed E-state index contributed by atoms with van der Waals surface area (Å²) in [4.78, 5) is 11.3. The molecule has 1 fully saturated rings. The van der Waals surface area contributed by atoms with E-state index in [-0.39, 0.29) is 12.4 Å². The van der Waals surface area contributed by atoms with E-state index in [0.29, 0.717) is 11.8 Å². The monoisotopic (exact) mass is 345 g/mol. The highest BCUT2D eigenvalue weighted by molar-refractivity contribution is 5.35. The van der Waals surface area contributed by atoms with E-state index in [9.17, 15) is 4.39 Å². The molecule has 2 aromatic rings. The molecule has 0 unspecified atom stereocenters. The molecule has 1 aromatic heterocycles. The van der Waals surface area contributed by atoms with E-state index in [2.05, 4.69) is 21.8 Å². The summed E-state index contributed by atoms with van der Waals surface area (Å²) in [6.45, 7) is 6.38. The molecule has 0 bridgehead atoms. The molecule has 6 heteroatoms. The smallest absolute Gasteiger partial charge is 0.228 e. The van der Waals surface area contributed by atoms with Crippen LogP contribution in [0.3, 0.4) is 0 Å². The molecule has 25 heavy (non-hydrogen) atoms. The number of ether oxygens (including phenoxy) is 2. The number of halogens is 1. The predicted molar refractivity (Wildman–Crippen MR) is 94.7 cm³/mol. The molecule has 0 aliphatic carbocycles. The second kappa shape index (κ2) is 7.68. The van der Waals surface area contributed by atoms with Crippen molar-refractivity contribution in [3.05, 3.63) is 41.3 Å². The first kappa shape index (κ1) is 17.5. The van der Waals surface area contributed by atoms with Crippen molar-refractivity contribution >= 4 is 5.95 Å². The lowest BCUT2D eigenvalue weighted by atomic mass is 10.00. The fourth-order valence-electron chi connectivity index (χ4n) is 2.91. The quantitative estimate of drug-likeness (QED) is 0.826. The number of nitrogens with zero attached hydrogens (tertiary/aromatic N) is 3. The average Bonchev–Trinajstić information content (AvgIpc) is 2.60. The van der Waals surface area contributed by atoms with Crippen LogP contribution in [0.15, 0.2) is 24.3 Å². The molecular formula is C19H24FN3O2. The van der Waals surface area contributed by atoms with E-state index in [1.165, 1.54) is 13.2 Å². The molecule has 0 saturated carbocycles. The van der Waals surface area contributed by atoms with Crippen LogP contribution in [-0.2, 0) is 6.61 Å². The van der Waals surface area contributed by atoms with Crippen LogP contribution in [0.1, 0.15) is 31.0 Å². The third kappa shape index (κ3) is 4.38. The second-order valence-electron chi connectivity index (χ2n) is 6.57. The fraction of sp³-hybridized carbons (Fsp3) is 0.474. The molecule has 3 rings (SSSR count). The van der Waals surface area contributed by atoms with E-state index in [1.807, 2.05) is 6.92 Å². The van der Waals surface area contributed by atoms with Gasteiger partial charge in [0.05, 0.1) is 7.11 Å². The maximum atomic E-state index is 13.8. The molecule has 1 aliphatic rings. The van der Waals surface area contributed by atoms with Crippen LogP contribution in [0.25, 0.3) is 0 Å². The summed E-state index contributed by atoms with van der Waals surface area (Å²) in [6, 6.07) is 6.60. The fourth-order valence-corrected chi connectivity index (χ4v) is 2.91. The number of aryl methyl sites for hydroxylation is 1. The molecule has 0 N–H and O–H groups in total. The summed E-state index contributed by atoms with van der Waals surface area (Å²) in [7, 11) is 1.45. The highest BCUT2D eigenvalue weighted by atomic mass is 19.1. The first-order chi connectivity index (χ1) is 12.0. The molecule has 1 aliphatic heterocycles. The molecule has 0 amide bonds. The lowest BCUT2D eigenvalue weighted by Gasteiger charge is -2.30. The summed E-state index contributed by atoms with van der Waals surface area (Å²) in [6.07, 6.45) is 2.30. The number of anilines is 1. The minimum atomic E-state index is -0.398. The standard InChI is InChI=1S/C19H24FN3O2/c1-13-6-8-23(9-7-13)19-21-14(2)10-18(22-19)25-12-15-4-5-17(24-3)16(20)11-15/h4-5,10-11,13H,6-9,12H2,1-3H3. The molecule has 5 nitrogen and oxygen atoms in total. The minimum absolute atomic E-state index is 0.225. The number of hydrogen-bond acceptors (Lipinski definition) is 5. The highest BCUT2D eigenvalue weighted by Crippen LogP contribution is 2.23. The molecule has 0 radical (unpaired) electrons. The molecule has 2 heterocycles. The Hall–Kier alpha value is -2.37. The van der Waals surface area contributed by atoms with Crippen molar-refractivity contribution in [3.8, 4) is 11.6 Å². The van der Waals surface area contributed by atoms with Crippen LogP contribution in [0.4, 0.5) is 10.3 Å². The van der Waals surface area contributed by atoms with Gasteiger partial charge in [-0.2, -0.15) is 4.98 Å². The first-order valence-corrected chi connectivity index (χ1v) is 8.61. The van der Waals surface area contributed by atoms with Gasteiger partial charge in [0, 0.05) is 24.8 Å². The van der Waals surface area contributed by atoms with Gasteiger partial charge in [0.15, 0.2) is 11.6 Å². The van der Waals surface area contributed by atoms with E-state index < -0.39 is 5.82 Å². The van der Waals surface area contributed by atoms with Gasteiger partial charge in [-0.15, -0.1) is 0 Å². The number of rotatable bonds is 5. The maximum absolute atomic E-state index is 13.8. The Morgan fingerprint density at radius 2 is 1.96 bits per heavy atom. The Balaban J connectivity index is 1.69. The van der Waals surface area contributed by atoms with Crippen LogP contribution >= 0.6 is 0 Å². The van der Waals surface area contributed by atoms with Gasteiger partial charge in [-0.25, -0.2) is 9.37 Å². The lowest BCUT2D eigenvalue weighted by molar-refractivity contribution is 0.291. The third-order valence-electron chi connectivity index (χ3n) is 4.49. The molecular weight excluding hydrogens is 321 g/mol. The van der Waals surface area contributed by atoms with Crippen molar-refractivity contribution < 1.29 is 13.9 Å². The van der Waals surface area contributed by atoms with Gasteiger partial charge < -0.3 is 14.4 Å². The zero-order chi connectivity index (χ0) is 17.8. The zero-order valence-corrected chi connectivity index (χ0v) is 15.0. The van der Waals surface area contributed by atoms with Gasteiger partial charge in [-0.05, 0) is 43.4 Å². The summed E-state index contributed by atoms with van der Waals surface area (Å²) < 4.78 is 24.5. The second-order valence-corrected chi connectivity index (χ2v) is 6.57. The Kier molecular flexibility index (Phi) is 5.36.